The number of hydrogen-bond acceptors (Lipinski definition) is 0. The first-order valence-electron chi connectivity index (χ1n) is 15.4. The summed E-state index contributed by atoms with van der Waals surface area (Å²) in [5.74, 6) is 1.95. The summed E-state index contributed by atoms with van der Waals surface area (Å²) in [7, 11) is 0. The van der Waals surface area contributed by atoms with E-state index in [1.54, 1.807) is 0 Å². The van der Waals surface area contributed by atoms with Crippen molar-refractivity contribution in [1.82, 2.24) is 0 Å². The van der Waals surface area contributed by atoms with Gasteiger partial charge in [-0.2, -0.15) is 0 Å². The maximum absolute atomic E-state index is 15.2. The molecule has 0 radical (unpaired) electrons. The van der Waals surface area contributed by atoms with Crippen LogP contribution in [0.1, 0.15) is 140 Å². The summed E-state index contributed by atoms with van der Waals surface area (Å²) in [4.78, 5) is 0. The third-order valence-corrected chi connectivity index (χ3v) is 9.64. The number of rotatable bonds is 10. The van der Waals surface area contributed by atoms with Gasteiger partial charge >= 0.3 is 0 Å². The van der Waals surface area contributed by atoms with Crippen molar-refractivity contribution >= 4 is 0 Å². The first kappa shape index (κ1) is 27.6. The highest BCUT2D eigenvalue weighted by molar-refractivity contribution is 5.34. The van der Waals surface area contributed by atoms with E-state index in [2.05, 4.69) is 38.2 Å². The summed E-state index contributed by atoms with van der Waals surface area (Å²) in [6.07, 6.45) is 28.9. The van der Waals surface area contributed by atoms with Gasteiger partial charge in [-0.1, -0.05) is 82.4 Å². The monoisotopic (exact) mass is 496 g/mol. The van der Waals surface area contributed by atoms with Gasteiger partial charge in [0.1, 0.15) is 0 Å². The van der Waals surface area contributed by atoms with Gasteiger partial charge in [-0.05, 0) is 111 Å². The Morgan fingerprint density at radius 2 is 1.31 bits per heavy atom. The van der Waals surface area contributed by atoms with Crippen LogP contribution < -0.4 is 0 Å². The summed E-state index contributed by atoms with van der Waals surface area (Å²) in [5.41, 5.74) is 1.17. The number of hydrogen-bond donors (Lipinski definition) is 0. The van der Waals surface area contributed by atoms with E-state index in [9.17, 15) is 0 Å². The predicted octanol–water partition coefficient (Wildman–Crippen LogP) is 11.0. The number of benzene rings is 1. The summed E-state index contributed by atoms with van der Waals surface area (Å²) in [6, 6.07) is 3.78. The second-order valence-electron chi connectivity index (χ2n) is 12.3. The van der Waals surface area contributed by atoms with Crippen LogP contribution in [-0.2, 0) is 0 Å². The molecule has 0 aliphatic heterocycles. The summed E-state index contributed by atoms with van der Waals surface area (Å²) >= 11 is 0. The van der Waals surface area contributed by atoms with Crippen molar-refractivity contribution in [3.63, 3.8) is 0 Å². The molecule has 0 aromatic heterocycles. The lowest BCUT2D eigenvalue weighted by Crippen LogP contribution is -2.16. The quantitative estimate of drug-likeness (QED) is 0.223. The summed E-state index contributed by atoms with van der Waals surface area (Å²) < 4.78 is 30.3. The molecule has 2 fully saturated rings. The van der Waals surface area contributed by atoms with Crippen molar-refractivity contribution in [2.24, 2.45) is 23.7 Å². The van der Waals surface area contributed by atoms with Crippen molar-refractivity contribution < 1.29 is 8.78 Å². The Bertz CT molecular complexity index is 852. The molecule has 200 valence electrons. The maximum atomic E-state index is 15.2. The number of unbranched alkanes of at least 4 members (excludes halogenated alkanes) is 2. The Hall–Kier alpha value is -1.44. The molecule has 0 spiro atoms. The molecule has 36 heavy (non-hydrogen) atoms. The molecule has 2 unspecified atom stereocenters. The van der Waals surface area contributed by atoms with Gasteiger partial charge < -0.3 is 0 Å². The third-order valence-electron chi connectivity index (χ3n) is 9.64. The lowest BCUT2D eigenvalue weighted by molar-refractivity contribution is 0.287. The smallest absolute Gasteiger partial charge is 0.162 e. The van der Waals surface area contributed by atoms with Gasteiger partial charge in [-0.15, -0.1) is 0 Å². The standard InChI is InChI=1S/C34H50F2/c1-3-5-6-8-26-9-11-27(12-10-26)13-14-28-17-21-30(22-18-28)32-24-23-31(33(35)34(32)36)29-19-15-25(7-4-2)16-20-29/h13-15,19,23-30H,3-12,16-18,20-22H2,1-2H3. The van der Waals surface area contributed by atoms with E-state index in [1.165, 1.54) is 64.2 Å². The topological polar surface area (TPSA) is 0 Å². The van der Waals surface area contributed by atoms with E-state index >= 15 is 8.78 Å². The van der Waals surface area contributed by atoms with Crippen molar-refractivity contribution in [2.45, 2.75) is 128 Å². The average Bonchev–Trinajstić information content (AvgIpc) is 2.91. The van der Waals surface area contributed by atoms with Gasteiger partial charge in [-0.3, -0.25) is 0 Å². The molecule has 1 aromatic rings. The maximum Gasteiger partial charge on any atom is 0.162 e. The highest BCUT2D eigenvalue weighted by Gasteiger charge is 2.28. The molecule has 0 heterocycles. The third kappa shape index (κ3) is 7.32. The fraction of sp³-hybridized carbons (Fsp3) is 0.706. The van der Waals surface area contributed by atoms with E-state index in [0.717, 1.165) is 50.4 Å². The molecule has 2 heteroatoms. The molecular weight excluding hydrogens is 446 g/mol. The molecule has 3 aliphatic carbocycles. The molecule has 2 saturated carbocycles. The molecule has 0 N–H and O–H groups in total. The van der Waals surface area contributed by atoms with Crippen LogP contribution in [0.5, 0.6) is 0 Å². The Balaban J connectivity index is 1.25. The largest absolute Gasteiger partial charge is 0.203 e. The Morgan fingerprint density at radius 1 is 0.667 bits per heavy atom. The van der Waals surface area contributed by atoms with Gasteiger partial charge in [0, 0.05) is 5.92 Å². The Labute approximate surface area is 220 Å². The van der Waals surface area contributed by atoms with E-state index in [4.69, 9.17) is 0 Å². The van der Waals surface area contributed by atoms with Crippen LogP contribution in [0, 0.1) is 35.3 Å². The fourth-order valence-corrected chi connectivity index (χ4v) is 7.22. The summed E-state index contributed by atoms with van der Waals surface area (Å²) in [5, 5.41) is 0. The number of halogens is 2. The van der Waals surface area contributed by atoms with E-state index in [0.29, 0.717) is 23.0 Å². The molecule has 1 aromatic carbocycles. The van der Waals surface area contributed by atoms with E-state index < -0.39 is 11.6 Å². The van der Waals surface area contributed by atoms with Gasteiger partial charge in [0.25, 0.3) is 0 Å². The average molecular weight is 497 g/mol. The highest BCUT2D eigenvalue weighted by Crippen LogP contribution is 2.41. The van der Waals surface area contributed by atoms with Crippen LogP contribution in [0.2, 0.25) is 0 Å². The molecule has 2 atom stereocenters. The second-order valence-corrected chi connectivity index (χ2v) is 12.3. The van der Waals surface area contributed by atoms with Crippen molar-refractivity contribution in [3.8, 4) is 0 Å². The van der Waals surface area contributed by atoms with Crippen LogP contribution in [0.15, 0.2) is 36.4 Å². The van der Waals surface area contributed by atoms with Gasteiger partial charge in [-0.25, -0.2) is 8.78 Å². The first-order chi connectivity index (χ1) is 17.6. The molecular formula is C34H50F2. The van der Waals surface area contributed by atoms with Crippen LogP contribution in [0.25, 0.3) is 0 Å². The zero-order valence-corrected chi connectivity index (χ0v) is 23.0. The van der Waals surface area contributed by atoms with Gasteiger partial charge in [0.05, 0.1) is 0 Å². The normalized spacial score (nSPS) is 31.2. The molecule has 0 amide bonds. The van der Waals surface area contributed by atoms with Crippen molar-refractivity contribution in [3.05, 3.63) is 59.2 Å². The van der Waals surface area contributed by atoms with Crippen LogP contribution >= 0.6 is 0 Å². The minimum atomic E-state index is -0.594. The lowest BCUT2D eigenvalue weighted by atomic mass is 9.76. The van der Waals surface area contributed by atoms with E-state index in [1.807, 2.05) is 12.1 Å². The van der Waals surface area contributed by atoms with Crippen LogP contribution in [-0.4, -0.2) is 0 Å². The highest BCUT2D eigenvalue weighted by atomic mass is 19.2. The molecule has 3 aliphatic rings. The van der Waals surface area contributed by atoms with Crippen molar-refractivity contribution in [1.29, 1.82) is 0 Å². The fourth-order valence-electron chi connectivity index (χ4n) is 7.22. The number of allylic oxidation sites excluding steroid dienone is 4. The molecule has 0 nitrogen and oxygen atoms in total. The van der Waals surface area contributed by atoms with Crippen molar-refractivity contribution in [2.75, 3.05) is 0 Å². The van der Waals surface area contributed by atoms with Gasteiger partial charge in [0.2, 0.25) is 0 Å². The van der Waals surface area contributed by atoms with Gasteiger partial charge in [0.15, 0.2) is 11.6 Å². The zero-order chi connectivity index (χ0) is 25.3. The Morgan fingerprint density at radius 3 is 1.92 bits per heavy atom. The molecule has 0 bridgehead atoms. The zero-order valence-electron chi connectivity index (χ0n) is 23.0. The minimum absolute atomic E-state index is 0.0222. The Kier molecular flexibility index (Phi) is 10.7. The lowest BCUT2D eigenvalue weighted by Gasteiger charge is -2.30. The first-order valence-corrected chi connectivity index (χ1v) is 15.4. The van der Waals surface area contributed by atoms with E-state index in [-0.39, 0.29) is 11.8 Å². The predicted molar refractivity (Wildman–Crippen MR) is 149 cm³/mol. The van der Waals surface area contributed by atoms with Crippen LogP contribution in [0.4, 0.5) is 8.78 Å². The van der Waals surface area contributed by atoms with Crippen LogP contribution in [0.3, 0.4) is 0 Å². The molecule has 0 saturated heterocycles. The summed E-state index contributed by atoms with van der Waals surface area (Å²) in [6.45, 7) is 4.50. The second kappa shape index (κ2) is 13.9. The minimum Gasteiger partial charge on any atom is -0.203 e. The molecule has 4 rings (SSSR count). The SMILES string of the molecule is CCCCCC1CCC(C=CC2CCC(c3ccc(C4C=CC(CCC)CC4)c(F)c3F)CC2)CC1.